The molecule has 4 atom stereocenters. The summed E-state index contributed by atoms with van der Waals surface area (Å²) in [6.45, 7) is 28.3. The normalized spacial score (nSPS) is 19.8. The molecule has 3 aliphatic heterocycles. The molecule has 13 nitrogen and oxygen atoms in total. The molecule has 3 aromatic rings. The SMILES string of the molecule is C=CCOc1c(C)c2c(c3c1[C@@H]1OC(C)(C)OC[C@H]1N(C(=O)[C@H](Cc1cc(C)c(OC)c(O[Si](C)(C)C(C)(C)C)c1)NC(=O)OC(C)(C)C)[C@H]3COCc1ccccc1)OCO2. The molecule has 0 saturated carbocycles. The predicted molar refractivity (Wildman–Crippen MR) is 239 cm³/mol. The average Bonchev–Trinajstić information content (AvgIpc) is 3.67. The zero-order chi connectivity index (χ0) is 45.4. The molecule has 0 spiro atoms. The number of nitrogens with zero attached hydrogens (tertiary/aromatic N) is 1. The number of hydrogen-bond donors (Lipinski definition) is 1. The van der Waals surface area contributed by atoms with Crippen LogP contribution in [0.1, 0.15) is 101 Å². The van der Waals surface area contributed by atoms with Gasteiger partial charge in [0, 0.05) is 23.1 Å². The highest BCUT2D eigenvalue weighted by molar-refractivity contribution is 6.74. The molecule has 0 aromatic heterocycles. The summed E-state index contributed by atoms with van der Waals surface area (Å²) in [6, 6.07) is 11.1. The summed E-state index contributed by atoms with van der Waals surface area (Å²) in [5.41, 5.74) is 3.81. The van der Waals surface area contributed by atoms with Gasteiger partial charge in [-0.05, 0) is 89.4 Å². The van der Waals surface area contributed by atoms with Crippen LogP contribution in [0, 0.1) is 13.8 Å². The van der Waals surface area contributed by atoms with E-state index in [9.17, 15) is 4.79 Å². The first-order chi connectivity index (χ1) is 29.1. The Kier molecular flexibility index (Phi) is 13.7. The highest BCUT2D eigenvalue weighted by Crippen LogP contribution is 2.58. The van der Waals surface area contributed by atoms with Gasteiger partial charge in [0.25, 0.3) is 8.32 Å². The van der Waals surface area contributed by atoms with Gasteiger partial charge in [0.1, 0.15) is 35.9 Å². The fourth-order valence-corrected chi connectivity index (χ4v) is 9.00. The number of methoxy groups -OCH3 is 1. The Labute approximate surface area is 368 Å². The second-order valence-electron chi connectivity index (χ2n) is 19.2. The molecule has 0 radical (unpaired) electrons. The number of nitrogens with one attached hydrogen (secondary N) is 1. The summed E-state index contributed by atoms with van der Waals surface area (Å²) in [6.07, 6.45) is 0.279. The van der Waals surface area contributed by atoms with E-state index in [1.807, 2.05) is 70.2 Å². The molecule has 3 heterocycles. The molecule has 1 N–H and O–H groups in total. The standard InChI is InChI=1S/C48H66N2O11Si/c1-15-21-55-40-30(3)41-43(57-28-56-41)37-34(26-54-25-31-19-17-16-18-20-31)50(35-27-58-48(10,11)59-42(35)38(37)40)44(51)33(49-45(52)60-46(4,5)6)23-32-22-29(2)39(53-12)36(24-32)61-62(13,14)47(7,8)9/h15-20,22,24,33-35,42H,1,21,23,25-28H2,2-14H3,(H,49,52)/t33-,34-,35+,42+/m0/s1. The molecule has 1 fully saturated rings. The van der Waals surface area contributed by atoms with Gasteiger partial charge >= 0.3 is 6.09 Å². The summed E-state index contributed by atoms with van der Waals surface area (Å²) in [5.74, 6) is 1.33. The van der Waals surface area contributed by atoms with Gasteiger partial charge in [0.05, 0.1) is 39.0 Å². The Hall–Kier alpha value is -4.76. The summed E-state index contributed by atoms with van der Waals surface area (Å²) in [4.78, 5) is 31.4. The first-order valence-electron chi connectivity index (χ1n) is 21.4. The molecule has 0 bridgehead atoms. The molecule has 0 aliphatic carbocycles. The van der Waals surface area contributed by atoms with Crippen LogP contribution >= 0.6 is 0 Å². The van der Waals surface area contributed by atoms with Crippen LogP contribution in [0.25, 0.3) is 0 Å². The summed E-state index contributed by atoms with van der Waals surface area (Å²) >= 11 is 0. The van der Waals surface area contributed by atoms with E-state index >= 15 is 4.79 Å². The second-order valence-corrected chi connectivity index (χ2v) is 24.0. The maximum atomic E-state index is 15.9. The van der Waals surface area contributed by atoms with Crippen molar-refractivity contribution in [3.05, 3.63) is 88.5 Å². The summed E-state index contributed by atoms with van der Waals surface area (Å²) < 4.78 is 57.1. The van der Waals surface area contributed by atoms with E-state index in [0.717, 1.165) is 27.8 Å². The van der Waals surface area contributed by atoms with Crippen LogP contribution in [0.15, 0.2) is 55.1 Å². The van der Waals surface area contributed by atoms with E-state index in [-0.39, 0.29) is 44.7 Å². The number of carbonyl (C=O) groups is 2. The molecule has 0 unspecified atom stereocenters. The number of hydrogen-bond acceptors (Lipinski definition) is 11. The van der Waals surface area contributed by atoms with Crippen LogP contribution in [0.3, 0.4) is 0 Å². The van der Waals surface area contributed by atoms with E-state index in [1.165, 1.54) is 0 Å². The molecular weight excluding hydrogens is 809 g/mol. The van der Waals surface area contributed by atoms with E-state index in [4.69, 9.17) is 42.3 Å². The molecule has 2 amide bonds. The van der Waals surface area contributed by atoms with Gasteiger partial charge in [0.15, 0.2) is 23.0 Å². The molecule has 338 valence electrons. The zero-order valence-electron chi connectivity index (χ0n) is 38.8. The smallest absolute Gasteiger partial charge is 0.408 e. The highest BCUT2D eigenvalue weighted by atomic mass is 28.4. The third-order valence-corrected chi connectivity index (χ3v) is 16.2. The molecular formula is C48H66N2O11Si. The Morgan fingerprint density at radius 2 is 1.69 bits per heavy atom. The Morgan fingerprint density at radius 1 is 1.00 bits per heavy atom. The molecule has 1 saturated heterocycles. The fourth-order valence-electron chi connectivity index (χ4n) is 7.99. The number of rotatable bonds is 14. The lowest BCUT2D eigenvalue weighted by molar-refractivity contribution is -0.301. The van der Waals surface area contributed by atoms with Gasteiger partial charge in [-0.3, -0.25) is 4.79 Å². The first kappa shape index (κ1) is 46.7. The number of alkyl carbamates (subject to hydrolysis) is 1. The summed E-state index contributed by atoms with van der Waals surface area (Å²) in [5, 5.41) is 2.87. The van der Waals surface area contributed by atoms with Gasteiger partial charge in [-0.2, -0.15) is 0 Å². The minimum absolute atomic E-state index is 0.0262. The quantitative estimate of drug-likeness (QED) is 0.123. The Balaban J connectivity index is 1.52. The van der Waals surface area contributed by atoms with Crippen molar-refractivity contribution in [3.8, 4) is 28.7 Å². The minimum atomic E-state index is -2.34. The van der Waals surface area contributed by atoms with Gasteiger partial charge in [-0.1, -0.05) is 69.8 Å². The summed E-state index contributed by atoms with van der Waals surface area (Å²) in [7, 11) is -0.720. The number of benzene rings is 3. The van der Waals surface area contributed by atoms with Crippen molar-refractivity contribution in [3.63, 3.8) is 0 Å². The number of carbonyl (C=O) groups excluding carboxylic acids is 2. The van der Waals surface area contributed by atoms with Crippen molar-refractivity contribution in [1.82, 2.24) is 10.2 Å². The third kappa shape index (κ3) is 10.0. The van der Waals surface area contributed by atoms with Gasteiger partial charge in [-0.15, -0.1) is 0 Å². The molecule has 62 heavy (non-hydrogen) atoms. The minimum Gasteiger partial charge on any atom is -0.541 e. The van der Waals surface area contributed by atoms with Gasteiger partial charge in [-0.25, -0.2) is 4.79 Å². The number of aryl methyl sites for hydroxylation is 1. The zero-order valence-corrected chi connectivity index (χ0v) is 39.8. The van der Waals surface area contributed by atoms with Crippen LogP contribution in [0.4, 0.5) is 4.79 Å². The third-order valence-electron chi connectivity index (χ3n) is 11.8. The maximum Gasteiger partial charge on any atom is 0.408 e. The van der Waals surface area contributed by atoms with Crippen LogP contribution < -0.4 is 28.7 Å². The lowest BCUT2D eigenvalue weighted by Crippen LogP contribution is -2.62. The van der Waals surface area contributed by atoms with Gasteiger partial charge in [0.2, 0.25) is 12.7 Å². The van der Waals surface area contributed by atoms with E-state index < -0.39 is 55.9 Å². The van der Waals surface area contributed by atoms with Crippen molar-refractivity contribution < 1.29 is 51.9 Å². The number of ether oxygens (including phenoxy) is 8. The van der Waals surface area contributed by atoms with E-state index in [0.29, 0.717) is 34.3 Å². The van der Waals surface area contributed by atoms with E-state index in [2.05, 4.69) is 45.8 Å². The largest absolute Gasteiger partial charge is 0.541 e. The molecule has 14 heteroatoms. The fraction of sp³-hybridized carbons (Fsp3) is 0.542. The number of amides is 2. The lowest BCUT2D eigenvalue weighted by Gasteiger charge is -2.52. The lowest BCUT2D eigenvalue weighted by atomic mass is 9.81. The predicted octanol–water partition coefficient (Wildman–Crippen LogP) is 9.42. The van der Waals surface area contributed by atoms with Crippen LogP contribution in [0.5, 0.6) is 28.7 Å². The Bertz CT molecular complexity index is 2130. The average molecular weight is 875 g/mol. The highest BCUT2D eigenvalue weighted by Gasteiger charge is 2.54. The monoisotopic (exact) mass is 874 g/mol. The first-order valence-corrected chi connectivity index (χ1v) is 24.3. The van der Waals surface area contributed by atoms with Crippen molar-refractivity contribution in [1.29, 1.82) is 0 Å². The van der Waals surface area contributed by atoms with Crippen LogP contribution in [-0.2, 0) is 36.8 Å². The van der Waals surface area contributed by atoms with Crippen molar-refractivity contribution in [2.45, 2.75) is 136 Å². The van der Waals surface area contributed by atoms with Gasteiger partial charge < -0.3 is 52.5 Å². The molecule has 6 rings (SSSR count). The molecule has 3 aromatic carbocycles. The van der Waals surface area contributed by atoms with Crippen molar-refractivity contribution in [2.75, 3.05) is 33.7 Å². The second kappa shape index (κ2) is 18.1. The maximum absolute atomic E-state index is 15.9. The van der Waals surface area contributed by atoms with Crippen molar-refractivity contribution >= 4 is 20.3 Å². The number of fused-ring (bicyclic) bond motifs is 5. The molecule has 3 aliphatic rings. The van der Waals surface area contributed by atoms with Crippen LogP contribution in [0.2, 0.25) is 18.1 Å². The van der Waals surface area contributed by atoms with Crippen molar-refractivity contribution in [2.24, 2.45) is 0 Å². The van der Waals surface area contributed by atoms with E-state index in [1.54, 1.807) is 38.9 Å². The Morgan fingerprint density at radius 3 is 2.34 bits per heavy atom. The topological polar surface area (TPSA) is 132 Å². The van der Waals surface area contributed by atoms with Crippen LogP contribution in [-0.4, -0.2) is 82.4 Å².